The molecule has 2 aliphatic heterocycles. The van der Waals surface area contributed by atoms with Crippen LogP contribution in [0.4, 0.5) is 0 Å². The molecule has 1 aromatic heterocycles. The summed E-state index contributed by atoms with van der Waals surface area (Å²) >= 11 is 3.60. The number of imidazole rings is 1. The molecule has 2 aliphatic rings. The molecular formula is C12H19BrN4. The molecule has 3 heterocycles. The number of nitrogens with two attached hydrogens (primary N) is 1. The van der Waals surface area contributed by atoms with Gasteiger partial charge in [-0.05, 0) is 54.7 Å². The van der Waals surface area contributed by atoms with E-state index in [4.69, 9.17) is 10.7 Å². The van der Waals surface area contributed by atoms with Crippen LogP contribution in [0, 0.1) is 0 Å². The summed E-state index contributed by atoms with van der Waals surface area (Å²) in [5, 5.41) is 3.41. The van der Waals surface area contributed by atoms with E-state index in [0.717, 1.165) is 37.1 Å². The Kier molecular flexibility index (Phi) is 3.23. The van der Waals surface area contributed by atoms with E-state index in [9.17, 15) is 0 Å². The number of halogens is 1. The number of piperidine rings is 1. The maximum Gasteiger partial charge on any atom is 0.127 e. The standard InChI is InChI=1S/C12H19BrN4/c13-11-10-2-1-9(14)7-17(10)12(16-11)8-3-5-15-6-4-8/h8-9,15H,1-7,14H2. The molecule has 1 fully saturated rings. The highest BCUT2D eigenvalue weighted by Gasteiger charge is 2.27. The summed E-state index contributed by atoms with van der Waals surface area (Å²) < 4.78 is 3.41. The smallest absolute Gasteiger partial charge is 0.127 e. The Morgan fingerprint density at radius 2 is 2.06 bits per heavy atom. The van der Waals surface area contributed by atoms with Crippen molar-refractivity contribution < 1.29 is 0 Å². The van der Waals surface area contributed by atoms with Crippen molar-refractivity contribution in [1.29, 1.82) is 0 Å². The SMILES string of the molecule is NC1CCc2c(Br)nc(C3CCNCC3)n2C1. The molecule has 0 saturated carbocycles. The van der Waals surface area contributed by atoms with Gasteiger partial charge in [-0.2, -0.15) is 0 Å². The average molecular weight is 299 g/mol. The van der Waals surface area contributed by atoms with E-state index in [2.05, 4.69) is 25.8 Å². The molecule has 1 unspecified atom stereocenters. The zero-order chi connectivity index (χ0) is 11.8. The van der Waals surface area contributed by atoms with Crippen molar-refractivity contribution in [3.8, 4) is 0 Å². The van der Waals surface area contributed by atoms with Gasteiger partial charge in [0.05, 0.1) is 5.69 Å². The predicted octanol–water partition coefficient (Wildman–Crippen LogP) is 1.39. The molecule has 1 aromatic rings. The molecular weight excluding hydrogens is 280 g/mol. The maximum atomic E-state index is 6.08. The second-order valence-electron chi connectivity index (χ2n) is 5.14. The largest absolute Gasteiger partial charge is 0.329 e. The van der Waals surface area contributed by atoms with Crippen molar-refractivity contribution in [3.05, 3.63) is 16.1 Å². The van der Waals surface area contributed by atoms with Gasteiger partial charge in [0.2, 0.25) is 0 Å². The number of aromatic nitrogens is 2. The minimum absolute atomic E-state index is 0.295. The lowest BCUT2D eigenvalue weighted by molar-refractivity contribution is 0.398. The summed E-state index contributed by atoms with van der Waals surface area (Å²) in [7, 11) is 0. The Labute approximate surface area is 110 Å². The first kappa shape index (κ1) is 11.7. The van der Waals surface area contributed by atoms with Gasteiger partial charge in [-0.25, -0.2) is 4.98 Å². The first-order chi connectivity index (χ1) is 8.25. The van der Waals surface area contributed by atoms with Crippen molar-refractivity contribution in [3.63, 3.8) is 0 Å². The van der Waals surface area contributed by atoms with Gasteiger partial charge < -0.3 is 15.6 Å². The van der Waals surface area contributed by atoms with E-state index in [1.165, 1.54) is 24.4 Å². The van der Waals surface area contributed by atoms with Gasteiger partial charge >= 0.3 is 0 Å². The van der Waals surface area contributed by atoms with Gasteiger partial charge in [0.25, 0.3) is 0 Å². The zero-order valence-electron chi connectivity index (χ0n) is 9.95. The van der Waals surface area contributed by atoms with E-state index >= 15 is 0 Å². The predicted molar refractivity (Wildman–Crippen MR) is 71.1 cm³/mol. The van der Waals surface area contributed by atoms with Crippen molar-refractivity contribution in [2.45, 2.75) is 44.2 Å². The van der Waals surface area contributed by atoms with Crippen LogP contribution in [-0.2, 0) is 13.0 Å². The highest BCUT2D eigenvalue weighted by atomic mass is 79.9. The molecule has 1 saturated heterocycles. The van der Waals surface area contributed by atoms with Gasteiger partial charge in [-0.15, -0.1) is 0 Å². The molecule has 1 atom stereocenters. The first-order valence-electron chi connectivity index (χ1n) is 6.47. The summed E-state index contributed by atoms with van der Waals surface area (Å²) in [6.45, 7) is 3.15. The quantitative estimate of drug-likeness (QED) is 0.824. The Bertz CT molecular complexity index is 409. The molecule has 94 valence electrons. The molecule has 5 heteroatoms. The van der Waals surface area contributed by atoms with E-state index in [0.29, 0.717) is 12.0 Å². The number of fused-ring (bicyclic) bond motifs is 1. The van der Waals surface area contributed by atoms with E-state index in [-0.39, 0.29) is 0 Å². The maximum absolute atomic E-state index is 6.08. The second-order valence-corrected chi connectivity index (χ2v) is 5.89. The van der Waals surface area contributed by atoms with Gasteiger partial charge in [0, 0.05) is 18.5 Å². The third-order valence-corrected chi connectivity index (χ3v) is 4.56. The monoisotopic (exact) mass is 298 g/mol. The van der Waals surface area contributed by atoms with Crippen molar-refractivity contribution in [1.82, 2.24) is 14.9 Å². The summed E-state index contributed by atoms with van der Waals surface area (Å²) in [5.74, 6) is 1.86. The number of rotatable bonds is 1. The molecule has 3 N–H and O–H groups in total. The van der Waals surface area contributed by atoms with Gasteiger partial charge in [-0.1, -0.05) is 0 Å². The lowest BCUT2D eigenvalue weighted by Crippen LogP contribution is -2.34. The van der Waals surface area contributed by atoms with E-state index < -0.39 is 0 Å². The van der Waals surface area contributed by atoms with Crippen LogP contribution < -0.4 is 11.1 Å². The fourth-order valence-electron chi connectivity index (χ4n) is 2.96. The van der Waals surface area contributed by atoms with Crippen molar-refractivity contribution >= 4 is 15.9 Å². The van der Waals surface area contributed by atoms with E-state index in [1.54, 1.807) is 0 Å². The molecule has 0 radical (unpaired) electrons. The minimum Gasteiger partial charge on any atom is -0.329 e. The topological polar surface area (TPSA) is 55.9 Å². The van der Waals surface area contributed by atoms with Gasteiger partial charge in [0.1, 0.15) is 10.4 Å². The van der Waals surface area contributed by atoms with Crippen LogP contribution >= 0.6 is 15.9 Å². The van der Waals surface area contributed by atoms with Crippen molar-refractivity contribution in [2.75, 3.05) is 13.1 Å². The van der Waals surface area contributed by atoms with Crippen LogP contribution in [0.15, 0.2) is 4.60 Å². The Balaban J connectivity index is 1.93. The molecule has 0 spiro atoms. The highest BCUT2D eigenvalue weighted by Crippen LogP contribution is 2.31. The second kappa shape index (κ2) is 4.71. The van der Waals surface area contributed by atoms with Crippen LogP contribution in [0.1, 0.15) is 36.7 Å². The molecule has 3 rings (SSSR count). The Hall–Kier alpha value is -0.390. The van der Waals surface area contributed by atoms with Gasteiger partial charge in [0.15, 0.2) is 0 Å². The lowest BCUT2D eigenvalue weighted by Gasteiger charge is -2.27. The molecule has 0 aromatic carbocycles. The first-order valence-corrected chi connectivity index (χ1v) is 7.26. The molecule has 0 bridgehead atoms. The summed E-state index contributed by atoms with van der Waals surface area (Å²) in [6, 6.07) is 0.295. The molecule has 4 nitrogen and oxygen atoms in total. The summed E-state index contributed by atoms with van der Waals surface area (Å²) in [6.07, 6.45) is 4.52. The summed E-state index contributed by atoms with van der Waals surface area (Å²) in [5.41, 5.74) is 7.43. The van der Waals surface area contributed by atoms with Crippen LogP contribution in [0.3, 0.4) is 0 Å². The third-order valence-electron chi connectivity index (χ3n) is 3.93. The Morgan fingerprint density at radius 1 is 1.29 bits per heavy atom. The van der Waals surface area contributed by atoms with Crippen LogP contribution in [0.5, 0.6) is 0 Å². The number of nitrogens with one attached hydrogen (secondary N) is 1. The molecule has 0 amide bonds. The average Bonchev–Trinajstić information content (AvgIpc) is 2.67. The molecule has 0 aliphatic carbocycles. The highest BCUT2D eigenvalue weighted by molar-refractivity contribution is 9.10. The number of nitrogens with zero attached hydrogens (tertiary/aromatic N) is 2. The summed E-state index contributed by atoms with van der Waals surface area (Å²) in [4.78, 5) is 4.75. The minimum atomic E-state index is 0.295. The van der Waals surface area contributed by atoms with Gasteiger partial charge in [-0.3, -0.25) is 0 Å². The van der Waals surface area contributed by atoms with E-state index in [1.807, 2.05) is 0 Å². The van der Waals surface area contributed by atoms with Crippen LogP contribution in [-0.4, -0.2) is 28.7 Å². The van der Waals surface area contributed by atoms with Crippen LogP contribution in [0.25, 0.3) is 0 Å². The molecule has 17 heavy (non-hydrogen) atoms. The lowest BCUT2D eigenvalue weighted by atomic mass is 9.96. The normalized spacial score (nSPS) is 25.9. The fourth-order valence-corrected chi connectivity index (χ4v) is 3.55. The number of hydrogen-bond acceptors (Lipinski definition) is 3. The Morgan fingerprint density at radius 3 is 2.82 bits per heavy atom. The number of hydrogen-bond donors (Lipinski definition) is 2. The zero-order valence-corrected chi connectivity index (χ0v) is 11.5. The third kappa shape index (κ3) is 2.16. The van der Waals surface area contributed by atoms with Crippen LogP contribution in [0.2, 0.25) is 0 Å². The fraction of sp³-hybridized carbons (Fsp3) is 0.750. The van der Waals surface area contributed by atoms with Crippen molar-refractivity contribution in [2.24, 2.45) is 5.73 Å².